The van der Waals surface area contributed by atoms with Gasteiger partial charge in [0.05, 0.1) is 29.1 Å². The van der Waals surface area contributed by atoms with Crippen LogP contribution in [0.3, 0.4) is 0 Å². The lowest BCUT2D eigenvalue weighted by atomic mass is 9.95. The minimum atomic E-state index is -4.96. The lowest BCUT2D eigenvalue weighted by Gasteiger charge is -2.22. The zero-order valence-corrected chi connectivity index (χ0v) is 15.9. The third-order valence-electron chi connectivity index (χ3n) is 4.37. The Morgan fingerprint density at radius 3 is 2.19 bits per heavy atom. The fourth-order valence-electron chi connectivity index (χ4n) is 2.93. The first-order chi connectivity index (χ1) is 14.9. The molecule has 0 aliphatic heterocycles. The molecule has 0 aliphatic rings. The van der Waals surface area contributed by atoms with Gasteiger partial charge in [-0.05, 0) is 47.5 Å². The SMILES string of the molecule is O=C(Nc1cccnc1)N[C@H](c1cccc(C(F)(F)F)c1)c1ccc(C(F)(F)F)c(F)c1. The Balaban J connectivity index is 2.00. The van der Waals surface area contributed by atoms with Crippen molar-refractivity contribution in [3.05, 3.63) is 95.1 Å². The van der Waals surface area contributed by atoms with E-state index in [4.69, 9.17) is 0 Å². The largest absolute Gasteiger partial charge is 0.419 e. The lowest BCUT2D eigenvalue weighted by Crippen LogP contribution is -2.33. The molecule has 0 aliphatic carbocycles. The Kier molecular flexibility index (Phi) is 6.37. The first kappa shape index (κ1) is 23.0. The van der Waals surface area contributed by atoms with Crippen LogP contribution in [-0.2, 0) is 12.4 Å². The number of urea groups is 1. The molecule has 4 nitrogen and oxygen atoms in total. The fourth-order valence-corrected chi connectivity index (χ4v) is 2.93. The van der Waals surface area contributed by atoms with Gasteiger partial charge in [0.15, 0.2) is 0 Å². The van der Waals surface area contributed by atoms with Crippen molar-refractivity contribution in [1.82, 2.24) is 10.3 Å². The van der Waals surface area contributed by atoms with Crippen LogP contribution in [0.2, 0.25) is 0 Å². The van der Waals surface area contributed by atoms with E-state index in [2.05, 4.69) is 15.6 Å². The Morgan fingerprint density at radius 1 is 0.875 bits per heavy atom. The van der Waals surface area contributed by atoms with Crippen LogP contribution in [0.15, 0.2) is 67.0 Å². The van der Waals surface area contributed by atoms with Gasteiger partial charge < -0.3 is 10.6 Å². The topological polar surface area (TPSA) is 54.0 Å². The van der Waals surface area contributed by atoms with Crippen LogP contribution in [0, 0.1) is 5.82 Å². The number of benzene rings is 2. The van der Waals surface area contributed by atoms with Crippen molar-refractivity contribution in [2.24, 2.45) is 0 Å². The predicted molar refractivity (Wildman–Crippen MR) is 101 cm³/mol. The molecule has 1 heterocycles. The molecule has 0 fully saturated rings. The number of rotatable bonds is 4. The zero-order valence-electron chi connectivity index (χ0n) is 15.9. The first-order valence-electron chi connectivity index (χ1n) is 8.96. The van der Waals surface area contributed by atoms with Crippen molar-refractivity contribution in [1.29, 1.82) is 0 Å². The third kappa shape index (κ3) is 5.54. The van der Waals surface area contributed by atoms with Crippen molar-refractivity contribution in [2.45, 2.75) is 18.4 Å². The molecule has 2 aromatic carbocycles. The van der Waals surface area contributed by atoms with Gasteiger partial charge in [0.25, 0.3) is 0 Å². The van der Waals surface area contributed by atoms with E-state index in [9.17, 15) is 35.5 Å². The van der Waals surface area contributed by atoms with Gasteiger partial charge in [-0.3, -0.25) is 4.98 Å². The summed E-state index contributed by atoms with van der Waals surface area (Å²) in [6.45, 7) is 0. The van der Waals surface area contributed by atoms with Crippen LogP contribution < -0.4 is 10.6 Å². The van der Waals surface area contributed by atoms with Crippen molar-refractivity contribution < 1.29 is 35.5 Å². The number of aromatic nitrogens is 1. The van der Waals surface area contributed by atoms with E-state index < -0.39 is 41.4 Å². The second kappa shape index (κ2) is 8.85. The van der Waals surface area contributed by atoms with Gasteiger partial charge in [-0.15, -0.1) is 0 Å². The zero-order chi connectivity index (χ0) is 23.5. The molecule has 1 aromatic heterocycles. The van der Waals surface area contributed by atoms with Gasteiger partial charge in [-0.1, -0.05) is 18.2 Å². The second-order valence-electron chi connectivity index (χ2n) is 6.63. The maximum absolute atomic E-state index is 14.1. The second-order valence-corrected chi connectivity index (χ2v) is 6.63. The number of pyridine rings is 1. The van der Waals surface area contributed by atoms with E-state index in [0.717, 1.165) is 24.3 Å². The number of carbonyl (C=O) groups is 1. The van der Waals surface area contributed by atoms with E-state index in [0.29, 0.717) is 12.1 Å². The molecule has 0 saturated carbocycles. The van der Waals surface area contributed by atoms with Gasteiger partial charge in [0, 0.05) is 6.20 Å². The number of nitrogens with one attached hydrogen (secondary N) is 2. The van der Waals surface area contributed by atoms with E-state index in [1.54, 1.807) is 0 Å². The number of amides is 2. The van der Waals surface area contributed by atoms with Crippen LogP contribution in [0.1, 0.15) is 28.3 Å². The highest BCUT2D eigenvalue weighted by molar-refractivity contribution is 5.89. The molecule has 0 radical (unpaired) electrons. The number of hydrogen-bond acceptors (Lipinski definition) is 2. The summed E-state index contributed by atoms with van der Waals surface area (Å²) in [6.07, 6.45) is -6.92. The third-order valence-corrected chi connectivity index (χ3v) is 4.37. The summed E-state index contributed by atoms with van der Waals surface area (Å²) >= 11 is 0. The number of anilines is 1. The minimum Gasteiger partial charge on any atom is -0.327 e. The molecule has 3 aromatic rings. The van der Waals surface area contributed by atoms with Gasteiger partial charge in [-0.25, -0.2) is 9.18 Å². The number of hydrogen-bond donors (Lipinski definition) is 2. The molecule has 2 N–H and O–H groups in total. The number of nitrogens with zero attached hydrogens (tertiary/aromatic N) is 1. The molecular weight excluding hydrogens is 443 g/mol. The highest BCUT2D eigenvalue weighted by atomic mass is 19.4. The molecule has 3 rings (SSSR count). The highest BCUT2D eigenvalue weighted by Gasteiger charge is 2.35. The molecule has 32 heavy (non-hydrogen) atoms. The highest BCUT2D eigenvalue weighted by Crippen LogP contribution is 2.35. The molecule has 0 spiro atoms. The van der Waals surface area contributed by atoms with Crippen molar-refractivity contribution in [3.63, 3.8) is 0 Å². The maximum atomic E-state index is 14.1. The molecule has 11 heteroatoms. The number of alkyl halides is 6. The van der Waals surface area contributed by atoms with Crippen LogP contribution in [0.5, 0.6) is 0 Å². The fraction of sp³-hybridized carbons (Fsp3) is 0.143. The van der Waals surface area contributed by atoms with Crippen LogP contribution >= 0.6 is 0 Å². The Hall–Kier alpha value is -3.63. The number of halogens is 7. The normalized spacial score (nSPS) is 12.8. The van der Waals surface area contributed by atoms with E-state index in [1.165, 1.54) is 30.6 Å². The Morgan fingerprint density at radius 2 is 1.59 bits per heavy atom. The first-order valence-corrected chi connectivity index (χ1v) is 8.96. The van der Waals surface area contributed by atoms with Gasteiger partial charge in [0.2, 0.25) is 0 Å². The summed E-state index contributed by atoms with van der Waals surface area (Å²) in [4.78, 5) is 16.2. The van der Waals surface area contributed by atoms with Gasteiger partial charge in [-0.2, -0.15) is 26.3 Å². The monoisotopic (exact) mass is 457 g/mol. The standard InChI is InChI=1S/C21H14F7N3O/c22-17-10-13(6-7-16(17)21(26,27)28)18(12-3-1-4-14(9-12)20(23,24)25)31-19(32)30-15-5-2-8-29-11-15/h1-11,18H,(H2,30,31,32)/t18-/m1/s1. The van der Waals surface area contributed by atoms with Gasteiger partial charge in [0.1, 0.15) is 5.82 Å². The summed E-state index contributed by atoms with van der Waals surface area (Å²) in [5.74, 6) is -1.62. The summed E-state index contributed by atoms with van der Waals surface area (Å²) < 4.78 is 92.2. The average Bonchev–Trinajstić information content (AvgIpc) is 2.71. The van der Waals surface area contributed by atoms with Crippen molar-refractivity contribution in [2.75, 3.05) is 5.32 Å². The van der Waals surface area contributed by atoms with E-state index in [1.807, 2.05) is 0 Å². The molecule has 0 bridgehead atoms. The Labute approximate surface area is 177 Å². The molecule has 2 amide bonds. The minimum absolute atomic E-state index is 0.111. The molecule has 168 valence electrons. The van der Waals surface area contributed by atoms with Crippen molar-refractivity contribution >= 4 is 11.7 Å². The summed E-state index contributed by atoms with van der Waals surface area (Å²) in [6, 6.07) is 6.45. The molecular formula is C21H14F7N3O. The molecule has 0 saturated heterocycles. The van der Waals surface area contributed by atoms with Crippen LogP contribution in [-0.4, -0.2) is 11.0 Å². The van der Waals surface area contributed by atoms with Crippen LogP contribution in [0.4, 0.5) is 41.2 Å². The summed E-state index contributed by atoms with van der Waals surface area (Å²) in [7, 11) is 0. The summed E-state index contributed by atoms with van der Waals surface area (Å²) in [5, 5.41) is 4.77. The lowest BCUT2D eigenvalue weighted by molar-refractivity contribution is -0.140. The quantitative estimate of drug-likeness (QED) is 0.461. The van der Waals surface area contributed by atoms with Crippen LogP contribution in [0.25, 0.3) is 0 Å². The predicted octanol–water partition coefficient (Wildman–Crippen LogP) is 6.17. The van der Waals surface area contributed by atoms with E-state index in [-0.39, 0.29) is 16.8 Å². The van der Waals surface area contributed by atoms with E-state index >= 15 is 0 Å². The Bertz CT molecular complexity index is 1100. The maximum Gasteiger partial charge on any atom is 0.419 e. The molecule has 1 atom stereocenters. The molecule has 0 unspecified atom stereocenters. The summed E-state index contributed by atoms with van der Waals surface area (Å²) in [5.41, 5.74) is -2.62. The number of carbonyl (C=O) groups excluding carboxylic acids is 1. The van der Waals surface area contributed by atoms with Crippen molar-refractivity contribution in [3.8, 4) is 0 Å². The average molecular weight is 457 g/mol. The smallest absolute Gasteiger partial charge is 0.327 e. The van der Waals surface area contributed by atoms with Gasteiger partial charge >= 0.3 is 18.4 Å².